The van der Waals surface area contributed by atoms with E-state index in [0.717, 1.165) is 16.7 Å². The van der Waals surface area contributed by atoms with Crippen LogP contribution in [0, 0.1) is 11.8 Å². The lowest BCUT2D eigenvalue weighted by Gasteiger charge is -2.35. The van der Waals surface area contributed by atoms with Crippen molar-refractivity contribution in [2.24, 2.45) is 0 Å². The van der Waals surface area contributed by atoms with E-state index in [0.29, 0.717) is 6.61 Å². The lowest BCUT2D eigenvalue weighted by atomic mass is 10.1. The molecule has 0 aliphatic rings. The second-order valence-corrected chi connectivity index (χ2v) is 12.7. The lowest BCUT2D eigenvalue weighted by molar-refractivity contribution is 0.269. The molecule has 1 rings (SSSR count). The number of aliphatic hydroxyl groups excluding tert-OH is 1. The first kappa shape index (κ1) is 21.4. The van der Waals surface area contributed by atoms with Crippen LogP contribution < -0.4 is 0 Å². The first-order valence-electron chi connectivity index (χ1n) is 8.76. The molecule has 0 saturated heterocycles. The van der Waals surface area contributed by atoms with Crippen LogP contribution >= 0.6 is 0 Å². The minimum absolute atomic E-state index is 0.204. The van der Waals surface area contributed by atoms with Gasteiger partial charge in [0.15, 0.2) is 8.32 Å². The second kappa shape index (κ2) is 9.19. The molecule has 0 radical (unpaired) electrons. The minimum atomic E-state index is -1.73. The van der Waals surface area contributed by atoms with E-state index in [1.54, 1.807) is 0 Å². The van der Waals surface area contributed by atoms with Crippen molar-refractivity contribution in [2.75, 3.05) is 6.61 Å². The summed E-state index contributed by atoms with van der Waals surface area (Å²) in [4.78, 5) is 0. The van der Waals surface area contributed by atoms with Gasteiger partial charge < -0.3 is 9.53 Å². The van der Waals surface area contributed by atoms with Crippen LogP contribution in [0.2, 0.25) is 18.1 Å². The topological polar surface area (TPSA) is 29.5 Å². The zero-order valence-electron chi connectivity index (χ0n) is 16.7. The molecule has 0 aromatic heterocycles. The number of benzene rings is 1. The maximum atomic E-state index is 10.2. The number of hydrogen-bond acceptors (Lipinski definition) is 2. The Labute approximate surface area is 154 Å². The fourth-order valence-corrected chi connectivity index (χ4v) is 2.76. The molecule has 0 saturated carbocycles. The van der Waals surface area contributed by atoms with Crippen molar-refractivity contribution in [3.63, 3.8) is 0 Å². The summed E-state index contributed by atoms with van der Waals surface area (Å²) in [6.45, 7) is 15.6. The van der Waals surface area contributed by atoms with Gasteiger partial charge in [0.25, 0.3) is 0 Å². The molecule has 0 heterocycles. The van der Waals surface area contributed by atoms with Crippen molar-refractivity contribution in [3.8, 4) is 11.8 Å². The van der Waals surface area contributed by atoms with Crippen molar-refractivity contribution in [3.05, 3.63) is 53.1 Å². The third-order valence-corrected chi connectivity index (χ3v) is 9.17. The Morgan fingerprint density at radius 3 is 2.36 bits per heavy atom. The van der Waals surface area contributed by atoms with E-state index >= 15 is 0 Å². The summed E-state index contributed by atoms with van der Waals surface area (Å²) in [5.74, 6) is 5.93. The Bertz CT molecular complexity index is 667. The van der Waals surface area contributed by atoms with Crippen LogP contribution in [-0.4, -0.2) is 26.1 Å². The standard InChI is InChI=1S/C22H32O2Si/c1-18(15-16-24-25(6,7)22(3,4)5)13-14-21(23)19(2)17-20-11-9-8-10-12-20/h8-12,15,17,21,23H,16H2,1-7H3/b18-15-,19-17+. The van der Waals surface area contributed by atoms with Crippen LogP contribution in [0.4, 0.5) is 0 Å². The van der Waals surface area contributed by atoms with Crippen LogP contribution in [0.25, 0.3) is 6.08 Å². The van der Waals surface area contributed by atoms with E-state index in [1.807, 2.05) is 56.3 Å². The lowest BCUT2D eigenvalue weighted by Crippen LogP contribution is -2.40. The molecule has 3 heteroatoms. The van der Waals surface area contributed by atoms with Crippen LogP contribution in [-0.2, 0) is 4.43 Å². The van der Waals surface area contributed by atoms with Gasteiger partial charge in [0.1, 0.15) is 6.10 Å². The van der Waals surface area contributed by atoms with E-state index in [1.165, 1.54) is 0 Å². The largest absolute Gasteiger partial charge is 0.413 e. The smallest absolute Gasteiger partial charge is 0.192 e. The first-order chi connectivity index (χ1) is 11.5. The molecule has 0 fully saturated rings. The first-order valence-corrected chi connectivity index (χ1v) is 11.7. The number of rotatable bonds is 5. The van der Waals surface area contributed by atoms with Gasteiger partial charge in [-0.1, -0.05) is 69.0 Å². The molecule has 0 amide bonds. The molecular formula is C22H32O2Si. The Hall–Kier alpha value is -1.60. The number of hydrogen-bond donors (Lipinski definition) is 1. The van der Waals surface area contributed by atoms with Crippen LogP contribution in [0.3, 0.4) is 0 Å². The van der Waals surface area contributed by atoms with Crippen molar-refractivity contribution < 1.29 is 9.53 Å². The molecule has 0 aliphatic carbocycles. The van der Waals surface area contributed by atoms with Gasteiger partial charge in [-0.3, -0.25) is 0 Å². The molecule has 1 N–H and O–H groups in total. The summed E-state index contributed by atoms with van der Waals surface area (Å²) < 4.78 is 6.12. The van der Waals surface area contributed by atoms with E-state index in [-0.39, 0.29) is 5.04 Å². The fourth-order valence-electron chi connectivity index (χ4n) is 1.83. The van der Waals surface area contributed by atoms with Gasteiger partial charge >= 0.3 is 0 Å². The molecule has 0 spiro atoms. The molecule has 25 heavy (non-hydrogen) atoms. The summed E-state index contributed by atoms with van der Waals surface area (Å²) in [5.41, 5.74) is 2.82. The predicted molar refractivity (Wildman–Crippen MR) is 111 cm³/mol. The average molecular weight is 357 g/mol. The van der Waals surface area contributed by atoms with Crippen molar-refractivity contribution in [1.29, 1.82) is 0 Å². The fraction of sp³-hybridized carbons (Fsp3) is 0.455. The average Bonchev–Trinajstić information content (AvgIpc) is 2.52. The Morgan fingerprint density at radius 2 is 1.80 bits per heavy atom. The van der Waals surface area contributed by atoms with Gasteiger partial charge in [0, 0.05) is 0 Å². The van der Waals surface area contributed by atoms with E-state index in [9.17, 15) is 5.11 Å². The highest BCUT2D eigenvalue weighted by Crippen LogP contribution is 2.36. The third-order valence-electron chi connectivity index (χ3n) is 4.67. The Kier molecular flexibility index (Phi) is 7.88. The van der Waals surface area contributed by atoms with Gasteiger partial charge in [-0.15, -0.1) is 0 Å². The summed E-state index contributed by atoms with van der Waals surface area (Å²) in [7, 11) is -1.73. The van der Waals surface area contributed by atoms with E-state index in [2.05, 4.69) is 45.7 Å². The molecule has 136 valence electrons. The molecule has 0 bridgehead atoms. The minimum Gasteiger partial charge on any atom is -0.413 e. The summed E-state index contributed by atoms with van der Waals surface area (Å²) in [5, 5.41) is 10.4. The van der Waals surface area contributed by atoms with E-state index < -0.39 is 14.4 Å². The molecule has 2 nitrogen and oxygen atoms in total. The zero-order valence-corrected chi connectivity index (χ0v) is 17.7. The summed E-state index contributed by atoms with van der Waals surface area (Å²) in [6, 6.07) is 9.95. The highest BCUT2D eigenvalue weighted by Gasteiger charge is 2.36. The van der Waals surface area contributed by atoms with Crippen LogP contribution in [0.5, 0.6) is 0 Å². The molecule has 1 atom stereocenters. The molecular weight excluding hydrogens is 324 g/mol. The molecule has 1 unspecified atom stereocenters. The SMILES string of the molecule is C/C(C#CC(O)/C(C)=C/c1ccccc1)=C/CO[Si](C)(C)C(C)(C)C. The number of aliphatic hydroxyl groups is 1. The molecule has 1 aromatic rings. The van der Waals surface area contributed by atoms with Crippen LogP contribution in [0.1, 0.15) is 40.2 Å². The van der Waals surface area contributed by atoms with Crippen molar-refractivity contribution >= 4 is 14.4 Å². The van der Waals surface area contributed by atoms with Gasteiger partial charge in [-0.05, 0) is 54.8 Å². The van der Waals surface area contributed by atoms with Crippen molar-refractivity contribution in [2.45, 2.75) is 58.9 Å². The maximum absolute atomic E-state index is 10.2. The predicted octanol–water partition coefficient (Wildman–Crippen LogP) is 5.42. The highest BCUT2D eigenvalue weighted by atomic mass is 28.4. The van der Waals surface area contributed by atoms with Gasteiger partial charge in [-0.25, -0.2) is 0 Å². The Balaban J connectivity index is 2.65. The van der Waals surface area contributed by atoms with Crippen molar-refractivity contribution in [1.82, 2.24) is 0 Å². The zero-order chi connectivity index (χ0) is 19.1. The monoisotopic (exact) mass is 356 g/mol. The van der Waals surface area contributed by atoms with E-state index in [4.69, 9.17) is 4.43 Å². The van der Waals surface area contributed by atoms with Gasteiger partial charge in [-0.2, -0.15) is 0 Å². The molecule has 1 aromatic carbocycles. The molecule has 0 aliphatic heterocycles. The Morgan fingerprint density at radius 1 is 1.20 bits per heavy atom. The highest BCUT2D eigenvalue weighted by molar-refractivity contribution is 6.74. The second-order valence-electron chi connectivity index (χ2n) is 7.93. The third kappa shape index (κ3) is 7.44. The maximum Gasteiger partial charge on any atom is 0.192 e. The summed E-state index contributed by atoms with van der Waals surface area (Å²) in [6.07, 6.45) is 3.19. The number of allylic oxidation sites excluding steroid dienone is 1. The van der Waals surface area contributed by atoms with Gasteiger partial charge in [0.2, 0.25) is 0 Å². The normalized spacial score (nSPS) is 14.7. The van der Waals surface area contributed by atoms with Gasteiger partial charge in [0.05, 0.1) is 6.61 Å². The summed E-state index contributed by atoms with van der Waals surface area (Å²) >= 11 is 0. The van der Waals surface area contributed by atoms with Crippen LogP contribution in [0.15, 0.2) is 47.6 Å². The quantitative estimate of drug-likeness (QED) is 0.563.